The van der Waals surface area contributed by atoms with Gasteiger partial charge in [0.25, 0.3) is 0 Å². The molecule has 0 atom stereocenters. The van der Waals surface area contributed by atoms with Crippen LogP contribution in [0, 0.1) is 0 Å². The number of hydrogen-bond acceptors (Lipinski definition) is 6. The number of aromatic nitrogens is 2. The number of carbonyl (C=O) groups is 1. The zero-order chi connectivity index (χ0) is 13.2. The highest BCUT2D eigenvalue weighted by Crippen LogP contribution is 2.33. The Kier molecular flexibility index (Phi) is 3.25. The molecule has 0 spiro atoms. The van der Waals surface area contributed by atoms with Gasteiger partial charge in [-0.25, -0.2) is 4.79 Å². The molecule has 0 amide bonds. The Bertz CT molecular complexity index is 607. The molecule has 19 heavy (non-hydrogen) atoms. The molecule has 1 aliphatic heterocycles. The summed E-state index contributed by atoms with van der Waals surface area (Å²) in [7, 11) is 1.36. The Morgan fingerprint density at radius 1 is 1.47 bits per heavy atom. The Morgan fingerprint density at radius 3 is 3.00 bits per heavy atom. The number of benzene rings is 1. The van der Waals surface area contributed by atoms with Crippen LogP contribution in [0.3, 0.4) is 0 Å². The van der Waals surface area contributed by atoms with Crippen LogP contribution < -0.4 is 0 Å². The fourth-order valence-corrected chi connectivity index (χ4v) is 2.56. The van der Waals surface area contributed by atoms with Crippen molar-refractivity contribution in [1.29, 1.82) is 0 Å². The summed E-state index contributed by atoms with van der Waals surface area (Å²) >= 11 is 1.87. The molecular formula is C13H12N2O3S. The van der Waals surface area contributed by atoms with E-state index in [1.165, 1.54) is 7.11 Å². The summed E-state index contributed by atoms with van der Waals surface area (Å²) in [5, 5.41) is 3.97. The van der Waals surface area contributed by atoms with Gasteiger partial charge in [-0.05, 0) is 12.1 Å². The average Bonchev–Trinajstić information content (AvgIpc) is 2.85. The minimum atomic E-state index is -0.374. The molecule has 1 aliphatic rings. The van der Waals surface area contributed by atoms with Crippen molar-refractivity contribution in [2.24, 2.45) is 0 Å². The van der Waals surface area contributed by atoms with Crippen molar-refractivity contribution < 1.29 is 14.1 Å². The Morgan fingerprint density at radius 2 is 2.32 bits per heavy atom. The van der Waals surface area contributed by atoms with Gasteiger partial charge in [-0.1, -0.05) is 17.3 Å². The topological polar surface area (TPSA) is 65.2 Å². The first-order chi connectivity index (χ1) is 9.28. The Hall–Kier alpha value is -1.82. The van der Waals surface area contributed by atoms with Gasteiger partial charge in [-0.15, -0.1) is 0 Å². The highest BCUT2D eigenvalue weighted by atomic mass is 32.2. The molecule has 1 fully saturated rings. The molecule has 0 bridgehead atoms. The van der Waals surface area contributed by atoms with Crippen LogP contribution >= 0.6 is 11.8 Å². The predicted octanol–water partition coefficient (Wildman–Crippen LogP) is 2.35. The SMILES string of the molecule is COC(=O)c1cccc(-c2noc(C3CSC3)n2)c1. The molecule has 1 aromatic heterocycles. The van der Waals surface area contributed by atoms with E-state index in [4.69, 9.17) is 9.26 Å². The molecule has 1 aromatic carbocycles. The molecule has 3 rings (SSSR count). The van der Waals surface area contributed by atoms with Crippen molar-refractivity contribution in [1.82, 2.24) is 10.1 Å². The van der Waals surface area contributed by atoms with Gasteiger partial charge in [-0.3, -0.25) is 0 Å². The number of ether oxygens (including phenoxy) is 1. The van der Waals surface area contributed by atoms with Gasteiger partial charge in [0.2, 0.25) is 11.7 Å². The first-order valence-electron chi connectivity index (χ1n) is 5.88. The van der Waals surface area contributed by atoms with Crippen LogP contribution in [0.5, 0.6) is 0 Å². The van der Waals surface area contributed by atoms with Crippen molar-refractivity contribution >= 4 is 17.7 Å². The number of thioether (sulfide) groups is 1. The lowest BCUT2D eigenvalue weighted by Crippen LogP contribution is -2.15. The average molecular weight is 276 g/mol. The minimum absolute atomic E-state index is 0.370. The molecule has 0 radical (unpaired) electrons. The fraction of sp³-hybridized carbons (Fsp3) is 0.308. The molecule has 0 aliphatic carbocycles. The molecule has 0 unspecified atom stereocenters. The number of rotatable bonds is 3. The smallest absolute Gasteiger partial charge is 0.337 e. The van der Waals surface area contributed by atoms with Crippen molar-refractivity contribution in [3.63, 3.8) is 0 Å². The molecule has 2 heterocycles. The summed E-state index contributed by atoms with van der Waals surface area (Å²) in [6.45, 7) is 0. The van der Waals surface area contributed by atoms with E-state index in [9.17, 15) is 4.79 Å². The standard InChI is InChI=1S/C13H12N2O3S/c1-17-13(16)9-4-2-3-8(5-9)11-14-12(18-15-11)10-6-19-7-10/h2-5,10H,6-7H2,1H3. The number of carbonyl (C=O) groups excluding carboxylic acids is 1. The van der Waals surface area contributed by atoms with Crippen LogP contribution in [0.2, 0.25) is 0 Å². The quantitative estimate of drug-likeness (QED) is 0.802. The molecule has 98 valence electrons. The van der Waals surface area contributed by atoms with E-state index in [0.717, 1.165) is 17.1 Å². The van der Waals surface area contributed by atoms with Crippen molar-refractivity contribution in [2.45, 2.75) is 5.92 Å². The second-order valence-electron chi connectivity index (χ2n) is 4.26. The summed E-state index contributed by atoms with van der Waals surface area (Å²) in [4.78, 5) is 15.9. The maximum Gasteiger partial charge on any atom is 0.337 e. The van der Waals surface area contributed by atoms with Crippen LogP contribution in [-0.4, -0.2) is 34.7 Å². The van der Waals surface area contributed by atoms with E-state index >= 15 is 0 Å². The monoisotopic (exact) mass is 276 g/mol. The zero-order valence-corrected chi connectivity index (χ0v) is 11.1. The van der Waals surface area contributed by atoms with E-state index < -0.39 is 0 Å². The lowest BCUT2D eigenvalue weighted by Gasteiger charge is -2.19. The molecule has 2 aromatic rings. The maximum absolute atomic E-state index is 11.5. The predicted molar refractivity (Wildman–Crippen MR) is 71.1 cm³/mol. The number of hydrogen-bond donors (Lipinski definition) is 0. The van der Waals surface area contributed by atoms with Gasteiger partial charge >= 0.3 is 5.97 Å². The van der Waals surface area contributed by atoms with E-state index in [2.05, 4.69) is 10.1 Å². The lowest BCUT2D eigenvalue weighted by atomic mass is 10.1. The molecule has 5 nitrogen and oxygen atoms in total. The maximum atomic E-state index is 11.5. The number of nitrogens with zero attached hydrogens (tertiary/aromatic N) is 2. The Balaban J connectivity index is 1.88. The van der Waals surface area contributed by atoms with Crippen molar-refractivity contribution in [3.8, 4) is 11.4 Å². The molecule has 0 saturated carbocycles. The van der Waals surface area contributed by atoms with Crippen LogP contribution in [0.4, 0.5) is 0 Å². The van der Waals surface area contributed by atoms with Crippen molar-refractivity contribution in [3.05, 3.63) is 35.7 Å². The fourth-order valence-electron chi connectivity index (χ4n) is 1.80. The number of esters is 1. The van der Waals surface area contributed by atoms with Crippen molar-refractivity contribution in [2.75, 3.05) is 18.6 Å². The normalized spacial score (nSPS) is 15.0. The van der Waals surface area contributed by atoms with E-state index in [1.54, 1.807) is 18.2 Å². The summed E-state index contributed by atoms with van der Waals surface area (Å²) < 4.78 is 9.95. The summed E-state index contributed by atoms with van der Waals surface area (Å²) in [5.41, 5.74) is 1.23. The van der Waals surface area contributed by atoms with Crippen LogP contribution in [-0.2, 0) is 4.74 Å². The molecule has 6 heteroatoms. The highest BCUT2D eigenvalue weighted by molar-refractivity contribution is 8.00. The zero-order valence-electron chi connectivity index (χ0n) is 10.3. The van der Waals surface area contributed by atoms with Crippen LogP contribution in [0.15, 0.2) is 28.8 Å². The van der Waals surface area contributed by atoms with Crippen LogP contribution in [0.1, 0.15) is 22.2 Å². The van der Waals surface area contributed by atoms with Crippen LogP contribution in [0.25, 0.3) is 11.4 Å². The van der Waals surface area contributed by atoms with Gasteiger partial charge in [0.15, 0.2) is 0 Å². The Labute approximate surface area is 114 Å². The molecular weight excluding hydrogens is 264 g/mol. The number of methoxy groups -OCH3 is 1. The minimum Gasteiger partial charge on any atom is -0.465 e. The highest BCUT2D eigenvalue weighted by Gasteiger charge is 2.26. The second-order valence-corrected chi connectivity index (χ2v) is 5.34. The summed E-state index contributed by atoms with van der Waals surface area (Å²) in [6.07, 6.45) is 0. The van der Waals surface area contributed by atoms with Gasteiger partial charge in [0.1, 0.15) is 0 Å². The van der Waals surface area contributed by atoms with Gasteiger partial charge in [0, 0.05) is 17.1 Å². The second kappa shape index (κ2) is 5.05. The molecule has 1 saturated heterocycles. The van der Waals surface area contributed by atoms with Gasteiger partial charge in [-0.2, -0.15) is 16.7 Å². The third kappa shape index (κ3) is 2.35. The lowest BCUT2D eigenvalue weighted by molar-refractivity contribution is 0.0601. The first-order valence-corrected chi connectivity index (χ1v) is 7.03. The first kappa shape index (κ1) is 12.2. The summed E-state index contributed by atoms with van der Waals surface area (Å²) in [5.74, 6) is 3.25. The van der Waals surface area contributed by atoms with E-state index in [1.807, 2.05) is 17.8 Å². The third-order valence-electron chi connectivity index (χ3n) is 2.97. The molecule has 0 N–H and O–H groups in total. The van der Waals surface area contributed by atoms with Gasteiger partial charge in [0.05, 0.1) is 18.6 Å². The van der Waals surface area contributed by atoms with E-state index in [0.29, 0.717) is 23.2 Å². The third-order valence-corrected chi connectivity index (χ3v) is 4.25. The van der Waals surface area contributed by atoms with Gasteiger partial charge < -0.3 is 9.26 Å². The van der Waals surface area contributed by atoms with E-state index in [-0.39, 0.29) is 5.97 Å². The largest absolute Gasteiger partial charge is 0.465 e. The summed E-state index contributed by atoms with van der Waals surface area (Å²) in [6, 6.07) is 7.02.